The van der Waals surface area contributed by atoms with Crippen LogP contribution in [0.2, 0.25) is 0 Å². The van der Waals surface area contributed by atoms with E-state index < -0.39 is 9.05 Å². The Balaban J connectivity index is 2.17. The van der Waals surface area contributed by atoms with Crippen LogP contribution in [0, 0.1) is 0 Å². The summed E-state index contributed by atoms with van der Waals surface area (Å²) in [4.78, 5) is 0. The second kappa shape index (κ2) is 7.94. The highest BCUT2D eigenvalue weighted by atomic mass is 35.7. The average molecular weight is 347 g/mol. The number of fused-ring (bicyclic) bond motifs is 1. The molecule has 1 aliphatic carbocycles. The van der Waals surface area contributed by atoms with Gasteiger partial charge in [0.05, 0.1) is 5.75 Å². The lowest BCUT2D eigenvalue weighted by Crippen LogP contribution is -2.01. The third-order valence-corrected chi connectivity index (χ3v) is 5.82. The Bertz CT molecular complexity index is 572. The standard InChI is InChI=1S/C16H24ClO2PS/c17-21(18,19)12-13-9-10-14-5-2-1-3-7-16(20)8-4-6-15(14)11-13/h9-11,16H,1-8,12,20H2. The summed E-state index contributed by atoms with van der Waals surface area (Å²) in [6, 6.07) is 6.06. The van der Waals surface area contributed by atoms with E-state index in [0.29, 0.717) is 0 Å². The molecule has 1 aliphatic rings. The summed E-state index contributed by atoms with van der Waals surface area (Å²) in [6.07, 6.45) is 9.64. The summed E-state index contributed by atoms with van der Waals surface area (Å²) in [7, 11) is 4.86. The van der Waals surface area contributed by atoms with Crippen molar-refractivity contribution in [3.05, 3.63) is 34.9 Å². The largest absolute Gasteiger partial charge is 0.236 e. The summed E-state index contributed by atoms with van der Waals surface area (Å²) in [5, 5.41) is 0. The Morgan fingerprint density at radius 2 is 1.76 bits per heavy atom. The highest BCUT2D eigenvalue weighted by Crippen LogP contribution is 2.24. The molecule has 0 fully saturated rings. The van der Waals surface area contributed by atoms with E-state index in [0.717, 1.165) is 30.5 Å². The maximum atomic E-state index is 11.2. The summed E-state index contributed by atoms with van der Waals surface area (Å²) in [5.74, 6) is -0.0753. The highest BCUT2D eigenvalue weighted by molar-refractivity contribution is 8.13. The molecule has 0 aromatic heterocycles. The molecule has 2 atom stereocenters. The van der Waals surface area contributed by atoms with Crippen LogP contribution >= 0.6 is 19.9 Å². The molecule has 2 nitrogen and oxygen atoms in total. The Morgan fingerprint density at radius 3 is 2.52 bits per heavy atom. The van der Waals surface area contributed by atoms with Crippen LogP contribution in [0.1, 0.15) is 55.2 Å². The molecular formula is C16H24ClO2PS. The van der Waals surface area contributed by atoms with Crippen molar-refractivity contribution in [2.24, 2.45) is 0 Å². The molecule has 1 aromatic carbocycles. The van der Waals surface area contributed by atoms with Crippen LogP contribution in [-0.2, 0) is 27.6 Å². The van der Waals surface area contributed by atoms with Gasteiger partial charge in [-0.05, 0) is 60.9 Å². The maximum absolute atomic E-state index is 11.2. The predicted octanol–water partition coefficient (Wildman–Crippen LogP) is 4.44. The lowest BCUT2D eigenvalue weighted by atomic mass is 9.96. The fourth-order valence-electron chi connectivity index (χ4n) is 3.04. The summed E-state index contributed by atoms with van der Waals surface area (Å²) in [6.45, 7) is 0. The molecule has 0 heterocycles. The zero-order valence-electron chi connectivity index (χ0n) is 12.4. The van der Waals surface area contributed by atoms with E-state index in [4.69, 9.17) is 10.7 Å². The summed E-state index contributed by atoms with van der Waals surface area (Å²) < 4.78 is 22.5. The smallest absolute Gasteiger partial charge is 0.212 e. The third kappa shape index (κ3) is 6.26. The van der Waals surface area contributed by atoms with Crippen LogP contribution in [-0.4, -0.2) is 14.1 Å². The van der Waals surface area contributed by atoms with E-state index in [9.17, 15) is 8.42 Å². The first-order valence-electron chi connectivity index (χ1n) is 7.72. The number of rotatable bonds is 2. The average Bonchev–Trinajstić information content (AvgIpc) is 2.41. The van der Waals surface area contributed by atoms with Crippen molar-refractivity contribution < 1.29 is 8.42 Å². The first kappa shape index (κ1) is 17.2. The zero-order chi connectivity index (χ0) is 15.3. The molecule has 0 N–H and O–H groups in total. The fourth-order valence-corrected chi connectivity index (χ4v) is 4.47. The van der Waals surface area contributed by atoms with E-state index in [2.05, 4.69) is 15.3 Å². The lowest BCUT2D eigenvalue weighted by molar-refractivity contribution is 0.599. The summed E-state index contributed by atoms with van der Waals surface area (Å²) >= 11 is 0. The first-order chi connectivity index (χ1) is 9.94. The van der Waals surface area contributed by atoms with Gasteiger partial charge in [0, 0.05) is 10.7 Å². The van der Waals surface area contributed by atoms with Gasteiger partial charge in [-0.25, -0.2) is 8.42 Å². The third-order valence-electron chi connectivity index (χ3n) is 4.15. The van der Waals surface area contributed by atoms with Crippen LogP contribution in [0.25, 0.3) is 0 Å². The molecule has 0 bridgehead atoms. The van der Waals surface area contributed by atoms with E-state index in [1.54, 1.807) is 0 Å². The molecule has 0 radical (unpaired) electrons. The SMILES string of the molecule is O=S(=O)(Cl)Cc1ccc2c(c1)CCCC(P)CCCCC2. The molecule has 0 spiro atoms. The lowest BCUT2D eigenvalue weighted by Gasteiger charge is -2.12. The second-order valence-electron chi connectivity index (χ2n) is 6.04. The first-order valence-corrected chi connectivity index (χ1v) is 10.9. The van der Waals surface area contributed by atoms with Gasteiger partial charge in [0.15, 0.2) is 0 Å². The van der Waals surface area contributed by atoms with Crippen LogP contribution in [0.5, 0.6) is 0 Å². The number of hydrogen-bond acceptors (Lipinski definition) is 2. The van der Waals surface area contributed by atoms with E-state index in [-0.39, 0.29) is 5.75 Å². The number of halogens is 1. The Labute approximate surface area is 135 Å². The molecule has 0 saturated heterocycles. The highest BCUT2D eigenvalue weighted by Gasteiger charge is 2.12. The minimum Gasteiger partial charge on any atom is -0.212 e. The molecule has 1 aromatic rings. The van der Waals surface area contributed by atoms with Gasteiger partial charge in [-0.2, -0.15) is 0 Å². The normalized spacial score (nSPS) is 21.3. The van der Waals surface area contributed by atoms with E-state index >= 15 is 0 Å². The topological polar surface area (TPSA) is 34.1 Å². The van der Waals surface area contributed by atoms with Crippen LogP contribution < -0.4 is 0 Å². The van der Waals surface area contributed by atoms with Crippen molar-refractivity contribution in [3.8, 4) is 0 Å². The van der Waals surface area contributed by atoms with Gasteiger partial charge in [-0.1, -0.05) is 31.0 Å². The predicted molar refractivity (Wildman–Crippen MR) is 93.5 cm³/mol. The molecule has 0 saturated carbocycles. The van der Waals surface area contributed by atoms with Crippen molar-refractivity contribution in [1.29, 1.82) is 0 Å². The van der Waals surface area contributed by atoms with Gasteiger partial charge >= 0.3 is 0 Å². The Kier molecular flexibility index (Phi) is 6.52. The van der Waals surface area contributed by atoms with Crippen molar-refractivity contribution in [2.45, 2.75) is 62.8 Å². The molecule has 21 heavy (non-hydrogen) atoms. The molecule has 2 rings (SSSR count). The quantitative estimate of drug-likeness (QED) is 0.586. The molecule has 2 unspecified atom stereocenters. The van der Waals surface area contributed by atoms with E-state index in [1.165, 1.54) is 43.2 Å². The van der Waals surface area contributed by atoms with Crippen LogP contribution in [0.15, 0.2) is 18.2 Å². The van der Waals surface area contributed by atoms with Crippen LogP contribution in [0.4, 0.5) is 0 Å². The van der Waals surface area contributed by atoms with E-state index in [1.807, 2.05) is 12.1 Å². The minimum atomic E-state index is -3.48. The second-order valence-corrected chi connectivity index (χ2v) is 9.76. The number of hydrogen-bond donors (Lipinski definition) is 0. The minimum absolute atomic E-state index is 0.0753. The molecule has 0 aliphatic heterocycles. The van der Waals surface area contributed by atoms with Crippen molar-refractivity contribution >= 4 is 29.0 Å². The van der Waals surface area contributed by atoms with Gasteiger partial charge in [-0.3, -0.25) is 0 Å². The molecular weight excluding hydrogens is 323 g/mol. The van der Waals surface area contributed by atoms with Crippen LogP contribution in [0.3, 0.4) is 0 Å². The fraction of sp³-hybridized carbons (Fsp3) is 0.625. The number of benzene rings is 1. The van der Waals surface area contributed by atoms with Crippen molar-refractivity contribution in [1.82, 2.24) is 0 Å². The number of aryl methyl sites for hydroxylation is 2. The monoisotopic (exact) mass is 346 g/mol. The molecule has 5 heteroatoms. The Morgan fingerprint density at radius 1 is 1.05 bits per heavy atom. The Hall–Kier alpha value is -0.110. The van der Waals surface area contributed by atoms with Crippen molar-refractivity contribution in [3.63, 3.8) is 0 Å². The summed E-state index contributed by atoms with van der Waals surface area (Å²) in [5.41, 5.74) is 4.22. The van der Waals surface area contributed by atoms with Gasteiger partial charge in [-0.15, -0.1) is 9.24 Å². The van der Waals surface area contributed by atoms with Crippen molar-refractivity contribution in [2.75, 3.05) is 0 Å². The van der Waals surface area contributed by atoms with Gasteiger partial charge in [0.25, 0.3) is 0 Å². The molecule has 118 valence electrons. The molecule has 0 amide bonds. The zero-order valence-corrected chi connectivity index (χ0v) is 15.1. The van der Waals surface area contributed by atoms with Gasteiger partial charge < -0.3 is 0 Å². The van der Waals surface area contributed by atoms with Gasteiger partial charge in [0.1, 0.15) is 0 Å². The maximum Gasteiger partial charge on any atom is 0.236 e. The van der Waals surface area contributed by atoms with Gasteiger partial charge in [0.2, 0.25) is 9.05 Å².